The minimum atomic E-state index is -1.01. The molecule has 0 radical (unpaired) electrons. The van der Waals surface area contributed by atoms with Crippen LogP contribution in [0, 0.1) is 17.6 Å². The molecule has 136 valence electrons. The van der Waals surface area contributed by atoms with E-state index in [1.165, 1.54) is 11.0 Å². The van der Waals surface area contributed by atoms with Crippen LogP contribution >= 0.6 is 0 Å². The van der Waals surface area contributed by atoms with E-state index in [9.17, 15) is 23.5 Å². The van der Waals surface area contributed by atoms with Gasteiger partial charge in [-0.1, -0.05) is 6.07 Å². The van der Waals surface area contributed by atoms with Gasteiger partial charge in [-0.05, 0) is 37.0 Å². The third-order valence-corrected chi connectivity index (χ3v) is 5.06. The summed E-state index contributed by atoms with van der Waals surface area (Å²) in [6.07, 6.45) is -0.739. The van der Waals surface area contributed by atoms with Gasteiger partial charge in [0.2, 0.25) is 5.91 Å². The monoisotopic (exact) mass is 354 g/mol. The van der Waals surface area contributed by atoms with Crippen LogP contribution in [0.5, 0.6) is 0 Å². The van der Waals surface area contributed by atoms with Gasteiger partial charge in [-0.2, -0.15) is 0 Å². The van der Waals surface area contributed by atoms with Crippen LogP contribution in [0.2, 0.25) is 0 Å². The van der Waals surface area contributed by atoms with Crippen molar-refractivity contribution in [1.82, 2.24) is 9.80 Å². The first-order valence-electron chi connectivity index (χ1n) is 8.28. The number of nitrogens with zero attached hydrogens (tertiary/aromatic N) is 2. The van der Waals surface area contributed by atoms with E-state index in [0.717, 1.165) is 12.1 Å². The van der Waals surface area contributed by atoms with Crippen molar-refractivity contribution in [3.05, 3.63) is 35.4 Å². The van der Waals surface area contributed by atoms with E-state index in [1.54, 1.807) is 4.90 Å². The van der Waals surface area contributed by atoms with Gasteiger partial charge in [-0.3, -0.25) is 4.79 Å². The maximum atomic E-state index is 13.2. The summed E-state index contributed by atoms with van der Waals surface area (Å²) in [6, 6.07) is 3.13. The summed E-state index contributed by atoms with van der Waals surface area (Å²) in [5.74, 6) is -2.28. The van der Waals surface area contributed by atoms with E-state index >= 15 is 0 Å². The number of rotatable bonds is 4. The van der Waals surface area contributed by atoms with Gasteiger partial charge < -0.3 is 20.0 Å². The Hall–Kier alpha value is -2.22. The van der Waals surface area contributed by atoms with E-state index in [4.69, 9.17) is 5.11 Å². The minimum absolute atomic E-state index is 0.0208. The van der Waals surface area contributed by atoms with Crippen molar-refractivity contribution in [1.29, 1.82) is 0 Å². The lowest BCUT2D eigenvalue weighted by molar-refractivity contribution is -0.133. The Labute approximate surface area is 143 Å². The minimum Gasteiger partial charge on any atom is -0.465 e. The molecule has 2 saturated heterocycles. The molecule has 0 saturated carbocycles. The number of aliphatic hydroxyl groups excluding tert-OH is 1. The molecule has 3 rings (SSSR count). The SMILES string of the molecule is O=C(O)N1CCN2C(=O)[C@@H](CCC(O)c3ccc(F)c(F)c3)C[C@H]2C1. The molecule has 2 amide bonds. The first kappa shape index (κ1) is 17.6. The number of aliphatic hydroxyl groups is 1. The number of amides is 2. The van der Waals surface area contributed by atoms with E-state index in [-0.39, 0.29) is 29.9 Å². The predicted molar refractivity (Wildman–Crippen MR) is 83.8 cm³/mol. The molecule has 25 heavy (non-hydrogen) atoms. The summed E-state index contributed by atoms with van der Waals surface area (Å²) in [4.78, 5) is 26.5. The second kappa shape index (κ2) is 6.95. The lowest BCUT2D eigenvalue weighted by atomic mass is 9.95. The maximum Gasteiger partial charge on any atom is 0.407 e. The fourth-order valence-electron chi connectivity index (χ4n) is 3.67. The predicted octanol–water partition coefficient (Wildman–Crippen LogP) is 1.99. The summed E-state index contributed by atoms with van der Waals surface area (Å²) < 4.78 is 26.2. The standard InChI is InChI=1S/C17H20F2N2O4/c18-13-3-1-10(8-14(13)19)15(22)4-2-11-7-12-9-20(17(24)25)5-6-21(12)16(11)23/h1,3,8,11-12,15,22H,2,4-7,9H2,(H,24,25)/t11-,12-,15?/m0/s1. The first-order valence-corrected chi connectivity index (χ1v) is 8.28. The Balaban J connectivity index is 1.57. The molecule has 3 atom stereocenters. The molecule has 2 fully saturated rings. The Bertz CT molecular complexity index is 685. The molecule has 0 bridgehead atoms. The zero-order chi connectivity index (χ0) is 18.1. The van der Waals surface area contributed by atoms with E-state index < -0.39 is 23.8 Å². The molecule has 1 unspecified atom stereocenters. The molecule has 2 aliphatic heterocycles. The largest absolute Gasteiger partial charge is 0.465 e. The molecule has 2 aliphatic rings. The Morgan fingerprint density at radius 3 is 2.72 bits per heavy atom. The van der Waals surface area contributed by atoms with Crippen molar-refractivity contribution >= 4 is 12.0 Å². The maximum absolute atomic E-state index is 13.2. The molecule has 1 aromatic rings. The highest BCUT2D eigenvalue weighted by Gasteiger charge is 2.42. The first-order chi connectivity index (χ1) is 11.9. The Morgan fingerprint density at radius 2 is 2.04 bits per heavy atom. The summed E-state index contributed by atoms with van der Waals surface area (Å²) in [5, 5.41) is 19.2. The van der Waals surface area contributed by atoms with Crippen LogP contribution in [0.4, 0.5) is 13.6 Å². The number of benzene rings is 1. The van der Waals surface area contributed by atoms with Crippen molar-refractivity contribution in [3.63, 3.8) is 0 Å². The average molecular weight is 354 g/mol. The summed E-state index contributed by atoms with van der Waals surface area (Å²) in [5.41, 5.74) is 0.277. The number of piperazine rings is 1. The Morgan fingerprint density at radius 1 is 1.28 bits per heavy atom. The molecule has 2 heterocycles. The van der Waals surface area contributed by atoms with Crippen LogP contribution in [-0.2, 0) is 4.79 Å². The number of fused-ring (bicyclic) bond motifs is 1. The highest BCUT2D eigenvalue weighted by Crippen LogP contribution is 2.33. The molecular formula is C17H20F2N2O4. The normalized spacial score (nSPS) is 24.4. The van der Waals surface area contributed by atoms with Gasteiger partial charge in [0.25, 0.3) is 0 Å². The van der Waals surface area contributed by atoms with E-state index in [2.05, 4.69) is 0 Å². The Kier molecular flexibility index (Phi) is 4.89. The fourth-order valence-corrected chi connectivity index (χ4v) is 3.67. The van der Waals surface area contributed by atoms with Crippen molar-refractivity contribution in [3.8, 4) is 0 Å². The molecule has 6 nitrogen and oxygen atoms in total. The lowest BCUT2D eigenvalue weighted by Gasteiger charge is -2.35. The summed E-state index contributed by atoms with van der Waals surface area (Å²) in [7, 11) is 0. The van der Waals surface area contributed by atoms with Crippen LogP contribution in [0.15, 0.2) is 18.2 Å². The molecule has 2 N–H and O–H groups in total. The van der Waals surface area contributed by atoms with Gasteiger partial charge in [0.15, 0.2) is 11.6 Å². The number of carboxylic acid groups (broad SMARTS) is 1. The van der Waals surface area contributed by atoms with Crippen molar-refractivity contribution in [2.75, 3.05) is 19.6 Å². The third kappa shape index (κ3) is 3.58. The fraction of sp³-hybridized carbons (Fsp3) is 0.529. The topological polar surface area (TPSA) is 81.1 Å². The lowest BCUT2D eigenvalue weighted by Crippen LogP contribution is -2.52. The molecule has 1 aromatic carbocycles. The molecule has 8 heteroatoms. The van der Waals surface area contributed by atoms with Crippen molar-refractivity contribution in [2.45, 2.75) is 31.4 Å². The van der Waals surface area contributed by atoms with Gasteiger partial charge in [-0.15, -0.1) is 0 Å². The summed E-state index contributed by atoms with van der Waals surface area (Å²) in [6.45, 7) is 1.00. The van der Waals surface area contributed by atoms with E-state index in [0.29, 0.717) is 32.5 Å². The second-order valence-electron chi connectivity index (χ2n) is 6.61. The van der Waals surface area contributed by atoms with Crippen molar-refractivity contribution in [2.24, 2.45) is 5.92 Å². The summed E-state index contributed by atoms with van der Waals surface area (Å²) >= 11 is 0. The number of hydrogen-bond acceptors (Lipinski definition) is 3. The number of carbonyl (C=O) groups is 2. The average Bonchev–Trinajstić information content (AvgIpc) is 2.90. The van der Waals surface area contributed by atoms with E-state index in [1.807, 2.05) is 0 Å². The van der Waals surface area contributed by atoms with Gasteiger partial charge in [0, 0.05) is 25.6 Å². The van der Waals surface area contributed by atoms with Gasteiger partial charge in [0.1, 0.15) is 0 Å². The van der Waals surface area contributed by atoms with Crippen LogP contribution in [0.25, 0.3) is 0 Å². The van der Waals surface area contributed by atoms with Crippen molar-refractivity contribution < 1.29 is 28.6 Å². The molecule has 0 aliphatic carbocycles. The second-order valence-corrected chi connectivity index (χ2v) is 6.61. The van der Waals surface area contributed by atoms with Crippen LogP contribution in [0.1, 0.15) is 30.9 Å². The smallest absolute Gasteiger partial charge is 0.407 e. The van der Waals surface area contributed by atoms with Crippen LogP contribution < -0.4 is 0 Å². The number of carbonyl (C=O) groups excluding carboxylic acids is 1. The zero-order valence-electron chi connectivity index (χ0n) is 13.6. The third-order valence-electron chi connectivity index (χ3n) is 5.06. The van der Waals surface area contributed by atoms with Gasteiger partial charge >= 0.3 is 6.09 Å². The number of halogens is 2. The van der Waals surface area contributed by atoms with Crippen LogP contribution in [0.3, 0.4) is 0 Å². The zero-order valence-corrected chi connectivity index (χ0v) is 13.6. The molecule has 0 aromatic heterocycles. The van der Waals surface area contributed by atoms with Gasteiger partial charge in [0.05, 0.1) is 12.1 Å². The van der Waals surface area contributed by atoms with Crippen LogP contribution in [-0.4, -0.2) is 57.7 Å². The molecular weight excluding hydrogens is 334 g/mol. The highest BCUT2D eigenvalue weighted by molar-refractivity contribution is 5.82. The van der Waals surface area contributed by atoms with Gasteiger partial charge in [-0.25, -0.2) is 13.6 Å². The highest BCUT2D eigenvalue weighted by atomic mass is 19.2. The number of hydrogen-bond donors (Lipinski definition) is 2. The quantitative estimate of drug-likeness (QED) is 0.866. The molecule has 0 spiro atoms.